The molecule has 1 amide bonds. The summed E-state index contributed by atoms with van der Waals surface area (Å²) in [6.07, 6.45) is 0.235. The van der Waals surface area contributed by atoms with E-state index in [2.05, 4.69) is 10.0 Å². The molecule has 0 bridgehead atoms. The van der Waals surface area contributed by atoms with Crippen molar-refractivity contribution in [2.75, 3.05) is 7.05 Å². The molecule has 0 fully saturated rings. The number of sulfonamides is 1. The van der Waals surface area contributed by atoms with Gasteiger partial charge in [-0.2, -0.15) is 0 Å². The molecule has 2 atom stereocenters. The lowest BCUT2D eigenvalue weighted by Crippen LogP contribution is -2.31. The molecule has 0 spiro atoms. The van der Waals surface area contributed by atoms with Gasteiger partial charge in [-0.1, -0.05) is 12.1 Å². The van der Waals surface area contributed by atoms with E-state index < -0.39 is 10.0 Å². The molecule has 1 aromatic carbocycles. The lowest BCUT2D eigenvalue weighted by Gasteiger charge is -2.16. The average Bonchev–Trinajstić information content (AvgIpc) is 2.37. The van der Waals surface area contributed by atoms with E-state index in [1.165, 1.54) is 13.1 Å². The van der Waals surface area contributed by atoms with Gasteiger partial charge in [-0.3, -0.25) is 4.79 Å². The largest absolute Gasteiger partial charge is 0.350 e. The van der Waals surface area contributed by atoms with Crippen LogP contribution < -0.4 is 15.8 Å². The van der Waals surface area contributed by atoms with Gasteiger partial charge in [0, 0.05) is 12.5 Å². The molecule has 0 aliphatic heterocycles. The number of carbonyl (C=O) groups is 1. The number of hydrogen-bond donors (Lipinski definition) is 3. The maximum Gasteiger partial charge on any atom is 0.240 e. The Bertz CT molecular complexity index is 576. The van der Waals surface area contributed by atoms with Crippen molar-refractivity contribution in [1.82, 2.24) is 10.0 Å². The maximum atomic E-state index is 11.7. The van der Waals surface area contributed by atoms with E-state index >= 15 is 0 Å². The summed E-state index contributed by atoms with van der Waals surface area (Å²) in [5.74, 6) is -0.158. The molecule has 21 heavy (non-hydrogen) atoms. The number of halogens is 1. The molecule has 0 heterocycles. The fourth-order valence-corrected chi connectivity index (χ4v) is 2.53. The number of nitrogens with one attached hydrogen (secondary N) is 2. The molecule has 0 radical (unpaired) electrons. The molecular weight excluding hydrogens is 314 g/mol. The molecule has 1 aromatic rings. The second-order valence-corrected chi connectivity index (χ2v) is 6.64. The summed E-state index contributed by atoms with van der Waals surface area (Å²) in [7, 11) is -2.13. The SMILES string of the molecule is CNS(=O)(=O)c1cccc(C(C)NC(=O)CC(C)N)c1.Cl. The van der Waals surface area contributed by atoms with Gasteiger partial charge in [0.05, 0.1) is 10.9 Å². The average molecular weight is 336 g/mol. The van der Waals surface area contributed by atoms with Crippen LogP contribution in [0.25, 0.3) is 0 Å². The van der Waals surface area contributed by atoms with Crippen LogP contribution in [0.15, 0.2) is 29.2 Å². The minimum absolute atomic E-state index is 0. The zero-order valence-electron chi connectivity index (χ0n) is 12.3. The molecule has 1 rings (SSSR count). The van der Waals surface area contributed by atoms with E-state index in [4.69, 9.17) is 5.73 Å². The van der Waals surface area contributed by atoms with Crippen molar-refractivity contribution in [2.45, 2.75) is 37.2 Å². The van der Waals surface area contributed by atoms with Gasteiger partial charge in [0.25, 0.3) is 0 Å². The normalized spacial score (nSPS) is 13.9. The first-order valence-corrected chi connectivity index (χ1v) is 7.83. The molecule has 6 nitrogen and oxygen atoms in total. The van der Waals surface area contributed by atoms with Crippen molar-refractivity contribution in [3.63, 3.8) is 0 Å². The molecule has 120 valence electrons. The highest BCUT2D eigenvalue weighted by atomic mass is 35.5. The van der Waals surface area contributed by atoms with E-state index in [0.717, 1.165) is 5.56 Å². The van der Waals surface area contributed by atoms with Crippen molar-refractivity contribution in [1.29, 1.82) is 0 Å². The second-order valence-electron chi connectivity index (χ2n) is 4.75. The summed E-state index contributed by atoms with van der Waals surface area (Å²) in [6, 6.07) is 5.97. The maximum absolute atomic E-state index is 11.7. The summed E-state index contributed by atoms with van der Waals surface area (Å²) >= 11 is 0. The number of rotatable bonds is 6. The van der Waals surface area contributed by atoms with E-state index in [-0.39, 0.29) is 41.7 Å². The number of carbonyl (C=O) groups excluding carboxylic acids is 1. The molecule has 0 aromatic heterocycles. The number of nitrogens with two attached hydrogens (primary N) is 1. The van der Waals surface area contributed by atoms with Crippen LogP contribution in [0.3, 0.4) is 0 Å². The highest BCUT2D eigenvalue weighted by Gasteiger charge is 2.15. The number of amides is 1. The van der Waals surface area contributed by atoms with Crippen LogP contribution in [0.1, 0.15) is 31.9 Å². The van der Waals surface area contributed by atoms with E-state index in [1.807, 2.05) is 0 Å². The van der Waals surface area contributed by atoms with Crippen LogP contribution in [0.4, 0.5) is 0 Å². The van der Waals surface area contributed by atoms with Crippen molar-refractivity contribution < 1.29 is 13.2 Å². The highest BCUT2D eigenvalue weighted by molar-refractivity contribution is 7.89. The van der Waals surface area contributed by atoms with Crippen LogP contribution >= 0.6 is 12.4 Å². The van der Waals surface area contributed by atoms with Crippen molar-refractivity contribution in [2.24, 2.45) is 5.73 Å². The first kappa shape index (κ1) is 19.9. The quantitative estimate of drug-likeness (QED) is 0.719. The molecule has 8 heteroatoms. The Morgan fingerprint density at radius 2 is 1.95 bits per heavy atom. The molecule has 4 N–H and O–H groups in total. The Balaban J connectivity index is 0.00000400. The van der Waals surface area contributed by atoms with E-state index in [9.17, 15) is 13.2 Å². The minimum atomic E-state index is -3.48. The molecular formula is C13H22ClN3O3S. The molecule has 0 saturated heterocycles. The zero-order valence-corrected chi connectivity index (χ0v) is 13.9. The Morgan fingerprint density at radius 1 is 1.33 bits per heavy atom. The highest BCUT2D eigenvalue weighted by Crippen LogP contribution is 2.17. The predicted octanol–water partition coefficient (Wildman–Crippen LogP) is 0.931. The number of hydrogen-bond acceptors (Lipinski definition) is 4. The van der Waals surface area contributed by atoms with Gasteiger partial charge in [-0.05, 0) is 38.6 Å². The first-order valence-electron chi connectivity index (χ1n) is 6.34. The van der Waals surface area contributed by atoms with Gasteiger partial charge in [-0.15, -0.1) is 12.4 Å². The standard InChI is InChI=1S/C13H21N3O3S.ClH/c1-9(14)7-13(17)16-10(2)11-5-4-6-12(8-11)20(18,19)15-3;/h4-6,8-10,15H,7,14H2,1-3H3,(H,16,17);1H. The number of benzene rings is 1. The van der Waals surface area contributed by atoms with Gasteiger partial charge < -0.3 is 11.1 Å². The summed E-state index contributed by atoms with van der Waals surface area (Å²) in [4.78, 5) is 11.8. The van der Waals surface area contributed by atoms with Gasteiger partial charge in [-0.25, -0.2) is 13.1 Å². The summed E-state index contributed by atoms with van der Waals surface area (Å²) in [6.45, 7) is 3.55. The third-order valence-corrected chi connectivity index (χ3v) is 4.23. The Labute approximate surface area is 132 Å². The van der Waals surface area contributed by atoms with E-state index in [0.29, 0.717) is 0 Å². The van der Waals surface area contributed by atoms with Crippen molar-refractivity contribution in [3.05, 3.63) is 29.8 Å². The van der Waals surface area contributed by atoms with Gasteiger partial charge in [0.2, 0.25) is 15.9 Å². The Morgan fingerprint density at radius 3 is 2.48 bits per heavy atom. The van der Waals surface area contributed by atoms with Crippen LogP contribution in [-0.4, -0.2) is 27.4 Å². The molecule has 2 unspecified atom stereocenters. The van der Waals surface area contributed by atoms with E-state index in [1.54, 1.807) is 32.0 Å². The summed E-state index contributed by atoms with van der Waals surface area (Å²) in [5.41, 5.74) is 6.28. The Kier molecular flexibility index (Phi) is 7.87. The van der Waals surface area contributed by atoms with Crippen molar-refractivity contribution >= 4 is 28.3 Å². The monoisotopic (exact) mass is 335 g/mol. The van der Waals surface area contributed by atoms with Gasteiger partial charge >= 0.3 is 0 Å². The summed E-state index contributed by atoms with van der Waals surface area (Å²) < 4.78 is 25.7. The second kappa shape index (κ2) is 8.33. The first-order chi connectivity index (χ1) is 9.26. The molecule has 0 aliphatic rings. The fourth-order valence-electron chi connectivity index (χ4n) is 1.75. The lowest BCUT2D eigenvalue weighted by atomic mass is 10.1. The molecule has 0 saturated carbocycles. The third kappa shape index (κ3) is 6.01. The van der Waals surface area contributed by atoms with Crippen molar-refractivity contribution in [3.8, 4) is 0 Å². The lowest BCUT2D eigenvalue weighted by molar-refractivity contribution is -0.122. The minimum Gasteiger partial charge on any atom is -0.350 e. The topological polar surface area (TPSA) is 101 Å². The van der Waals surface area contributed by atoms with Crippen LogP contribution in [0.2, 0.25) is 0 Å². The van der Waals surface area contributed by atoms with Crippen LogP contribution in [-0.2, 0) is 14.8 Å². The van der Waals surface area contributed by atoms with Crippen LogP contribution in [0.5, 0.6) is 0 Å². The van der Waals surface area contributed by atoms with Crippen LogP contribution in [0, 0.1) is 0 Å². The fraction of sp³-hybridized carbons (Fsp3) is 0.462. The zero-order chi connectivity index (χ0) is 15.3. The third-order valence-electron chi connectivity index (χ3n) is 2.82. The van der Waals surface area contributed by atoms with Gasteiger partial charge in [0.1, 0.15) is 0 Å². The predicted molar refractivity (Wildman–Crippen MR) is 84.8 cm³/mol. The smallest absolute Gasteiger partial charge is 0.240 e. The summed E-state index contributed by atoms with van der Waals surface area (Å²) in [5, 5.41) is 2.79. The molecule has 0 aliphatic carbocycles. The Hall–Kier alpha value is -1.15. The van der Waals surface area contributed by atoms with Gasteiger partial charge in [0.15, 0.2) is 0 Å².